The molecule has 0 unspecified atom stereocenters. The maximum absolute atomic E-state index is 9.38. The van der Waals surface area contributed by atoms with Gasteiger partial charge in [-0.3, -0.25) is 4.79 Å². The number of carbonyl (C=O) groups excluding carboxylic acids is 1. The molecule has 0 spiro atoms. The fourth-order valence-corrected chi connectivity index (χ4v) is 0.174. The van der Waals surface area contributed by atoms with Crippen molar-refractivity contribution in [2.45, 2.75) is 12.8 Å². The van der Waals surface area contributed by atoms with Gasteiger partial charge in [0.15, 0.2) is 6.29 Å². The van der Waals surface area contributed by atoms with Crippen molar-refractivity contribution >= 4 is 6.29 Å². The van der Waals surface area contributed by atoms with Crippen molar-refractivity contribution in [3.05, 3.63) is 0 Å². The third-order valence-corrected chi connectivity index (χ3v) is 0.483. The van der Waals surface area contributed by atoms with E-state index in [1.807, 2.05) is 0 Å². The SMILES string of the molecule is NCCC[C]=O.[O]=[Zr]=[O]. The van der Waals surface area contributed by atoms with Crippen molar-refractivity contribution in [1.29, 1.82) is 0 Å². The van der Waals surface area contributed by atoms with E-state index in [1.165, 1.54) is 0 Å². The van der Waals surface area contributed by atoms with Gasteiger partial charge < -0.3 is 5.73 Å². The Hall–Kier alpha value is 0.113. The zero-order valence-electron chi connectivity index (χ0n) is 4.92. The van der Waals surface area contributed by atoms with Crippen molar-refractivity contribution in [2.24, 2.45) is 5.73 Å². The van der Waals surface area contributed by atoms with E-state index in [1.54, 1.807) is 6.29 Å². The van der Waals surface area contributed by atoms with E-state index in [0.717, 1.165) is 6.42 Å². The van der Waals surface area contributed by atoms with Gasteiger partial charge in [-0.1, -0.05) is 0 Å². The van der Waals surface area contributed by atoms with Crippen LogP contribution in [-0.4, -0.2) is 12.8 Å². The third kappa shape index (κ3) is 31.3. The van der Waals surface area contributed by atoms with E-state index in [0.29, 0.717) is 13.0 Å². The number of unbranched alkanes of at least 4 members (excludes halogenated alkanes) is 1. The molecule has 0 aromatic carbocycles. The quantitative estimate of drug-likeness (QED) is 0.641. The second kappa shape index (κ2) is 15.7. The first kappa shape index (κ1) is 11.9. The minimum absolute atomic E-state index is 0.483. The van der Waals surface area contributed by atoms with Crippen LogP contribution in [0.1, 0.15) is 12.8 Å². The fourth-order valence-electron chi connectivity index (χ4n) is 0.174. The predicted octanol–water partition coefficient (Wildman–Crippen LogP) is -0.405. The van der Waals surface area contributed by atoms with E-state index in [2.05, 4.69) is 0 Å². The number of rotatable bonds is 3. The second-order valence-electron chi connectivity index (χ2n) is 1.12. The molecule has 0 aliphatic heterocycles. The maximum atomic E-state index is 9.38. The number of hydrogen-bond donors (Lipinski definition) is 1. The normalized spacial score (nSPS) is 6.33. The molecule has 2 N–H and O–H groups in total. The van der Waals surface area contributed by atoms with Crippen LogP contribution in [0.5, 0.6) is 0 Å². The van der Waals surface area contributed by atoms with Gasteiger partial charge in [-0.05, 0) is 13.0 Å². The average molecular weight is 209 g/mol. The van der Waals surface area contributed by atoms with E-state index in [-0.39, 0.29) is 0 Å². The number of hydrogen-bond acceptors (Lipinski definition) is 4. The molecule has 0 fully saturated rings. The Kier molecular flexibility index (Phi) is 20.7. The molecule has 0 aliphatic carbocycles. The monoisotopic (exact) mass is 208 g/mol. The van der Waals surface area contributed by atoms with E-state index in [4.69, 9.17) is 11.4 Å². The summed E-state index contributed by atoms with van der Waals surface area (Å²) in [6.07, 6.45) is 2.99. The molecule has 0 aliphatic rings. The molecule has 51 valence electrons. The summed E-state index contributed by atoms with van der Waals surface area (Å²) in [5.41, 5.74) is 5.04. The van der Waals surface area contributed by atoms with Crippen LogP contribution in [0.2, 0.25) is 0 Å². The first-order valence-electron chi connectivity index (χ1n) is 2.37. The van der Waals surface area contributed by atoms with E-state index in [9.17, 15) is 4.79 Å². The molecule has 0 bridgehead atoms. The third-order valence-electron chi connectivity index (χ3n) is 0.483. The fraction of sp³-hybridized carbons (Fsp3) is 0.750. The molecule has 9 heavy (non-hydrogen) atoms. The average Bonchev–Trinajstić information content (AvgIpc) is 1.86. The first-order chi connectivity index (χ1) is 4.33. The van der Waals surface area contributed by atoms with Crippen molar-refractivity contribution in [2.75, 3.05) is 6.54 Å². The van der Waals surface area contributed by atoms with Gasteiger partial charge in [-0.15, -0.1) is 0 Å². The van der Waals surface area contributed by atoms with Gasteiger partial charge in [0.05, 0.1) is 0 Å². The summed E-state index contributed by atoms with van der Waals surface area (Å²) in [5, 5.41) is 0. The van der Waals surface area contributed by atoms with Crippen molar-refractivity contribution < 1.29 is 33.7 Å². The molecule has 0 amide bonds. The van der Waals surface area contributed by atoms with Crippen LogP contribution < -0.4 is 5.73 Å². The molecule has 0 aromatic rings. The summed E-state index contributed by atoms with van der Waals surface area (Å²) in [7, 11) is 0. The van der Waals surface area contributed by atoms with Crippen LogP contribution in [-0.2, 0) is 33.7 Å². The zero-order chi connectivity index (χ0) is 7.54. The summed E-state index contributed by atoms with van der Waals surface area (Å²) in [6, 6.07) is 0. The van der Waals surface area contributed by atoms with Crippen LogP contribution in [0.4, 0.5) is 0 Å². The summed E-state index contributed by atoms with van der Waals surface area (Å²) in [4.78, 5) is 9.38. The molecule has 0 rings (SSSR count). The Labute approximate surface area is 65.3 Å². The Morgan fingerprint density at radius 2 is 1.89 bits per heavy atom. The second-order valence-corrected chi connectivity index (χ2v) is 1.53. The molecule has 4 nitrogen and oxygen atoms in total. The Morgan fingerprint density at radius 3 is 2.00 bits per heavy atom. The number of nitrogens with two attached hydrogens (primary N) is 1. The molecule has 0 saturated heterocycles. The zero-order valence-corrected chi connectivity index (χ0v) is 7.38. The van der Waals surface area contributed by atoms with E-state index >= 15 is 0 Å². The van der Waals surface area contributed by atoms with Crippen LogP contribution >= 0.6 is 0 Å². The van der Waals surface area contributed by atoms with Crippen LogP contribution in [0.25, 0.3) is 0 Å². The van der Waals surface area contributed by atoms with Gasteiger partial charge in [-0.25, -0.2) is 0 Å². The van der Waals surface area contributed by atoms with Gasteiger partial charge in [0, 0.05) is 6.42 Å². The van der Waals surface area contributed by atoms with Gasteiger partial charge in [-0.2, -0.15) is 0 Å². The first-order valence-corrected chi connectivity index (χ1v) is 4.38. The summed E-state index contributed by atoms with van der Waals surface area (Å²) < 4.78 is 17.1. The Balaban J connectivity index is 0. The van der Waals surface area contributed by atoms with Crippen molar-refractivity contribution in [3.8, 4) is 0 Å². The van der Waals surface area contributed by atoms with Gasteiger partial charge in [0.25, 0.3) is 0 Å². The standard InChI is InChI=1S/C4H8NO.2O.Zr/c5-3-1-2-4-6;;;/h1-3,5H2;;;. The Morgan fingerprint density at radius 1 is 1.44 bits per heavy atom. The van der Waals surface area contributed by atoms with Gasteiger partial charge in [0.1, 0.15) is 0 Å². The topological polar surface area (TPSA) is 77.2 Å². The molecule has 0 aromatic heterocycles. The van der Waals surface area contributed by atoms with Crippen LogP contribution in [0, 0.1) is 0 Å². The molecular weight excluding hydrogens is 201 g/mol. The Bertz CT molecular complexity index is 89.8. The predicted molar refractivity (Wildman–Crippen MR) is 25.4 cm³/mol. The molecule has 0 atom stereocenters. The van der Waals surface area contributed by atoms with Gasteiger partial charge in [0.2, 0.25) is 0 Å². The molecule has 0 saturated carbocycles. The summed E-state index contributed by atoms with van der Waals surface area (Å²) in [5.74, 6) is 0. The minimum atomic E-state index is -2.27. The molecule has 1 radical (unpaired) electrons. The molecular formula is C4H8NO3Zr. The van der Waals surface area contributed by atoms with Crippen LogP contribution in [0.15, 0.2) is 0 Å². The molecule has 0 heterocycles. The molecule has 5 heteroatoms. The van der Waals surface area contributed by atoms with Crippen molar-refractivity contribution in [3.63, 3.8) is 0 Å². The van der Waals surface area contributed by atoms with E-state index < -0.39 is 23.2 Å². The van der Waals surface area contributed by atoms with Crippen LogP contribution in [0.3, 0.4) is 0 Å². The summed E-state index contributed by atoms with van der Waals surface area (Å²) >= 11 is -2.27. The van der Waals surface area contributed by atoms with Crippen molar-refractivity contribution in [1.82, 2.24) is 0 Å². The summed E-state index contributed by atoms with van der Waals surface area (Å²) in [6.45, 7) is 0.592. The van der Waals surface area contributed by atoms with Gasteiger partial charge >= 0.3 is 28.9 Å².